The highest BCUT2D eigenvalue weighted by atomic mass is 32.2. The summed E-state index contributed by atoms with van der Waals surface area (Å²) < 4.78 is 11.5. The number of nitrogens with zero attached hydrogens (tertiary/aromatic N) is 1. The number of methoxy groups -OCH3 is 1. The third-order valence-electron chi connectivity index (χ3n) is 3.70. The smallest absolute Gasteiger partial charge is 0.266 e. The number of thiocarbonyl (C=S) groups is 1. The van der Waals surface area contributed by atoms with Crippen LogP contribution in [0.2, 0.25) is 0 Å². The highest BCUT2D eigenvalue weighted by Gasteiger charge is 2.34. The average Bonchev–Trinajstić information content (AvgIpc) is 2.86. The molecule has 1 saturated heterocycles. The van der Waals surface area contributed by atoms with Gasteiger partial charge in [0.1, 0.15) is 10.9 Å². The Morgan fingerprint density at radius 3 is 2.79 bits per heavy atom. The molecule has 1 amide bonds. The van der Waals surface area contributed by atoms with E-state index in [0.717, 1.165) is 12.0 Å². The van der Waals surface area contributed by atoms with Crippen molar-refractivity contribution in [2.45, 2.75) is 26.3 Å². The first-order valence-electron chi connectivity index (χ1n) is 7.70. The van der Waals surface area contributed by atoms with E-state index in [2.05, 4.69) is 6.58 Å². The molecule has 1 aliphatic heterocycles. The van der Waals surface area contributed by atoms with Gasteiger partial charge in [-0.15, -0.1) is 0 Å². The Balaban J connectivity index is 2.26. The van der Waals surface area contributed by atoms with E-state index in [1.807, 2.05) is 38.1 Å². The van der Waals surface area contributed by atoms with Crippen molar-refractivity contribution in [3.63, 3.8) is 0 Å². The molecule has 0 unspecified atom stereocenters. The molecule has 0 radical (unpaired) electrons. The number of amides is 1. The van der Waals surface area contributed by atoms with Crippen LogP contribution < -0.4 is 9.47 Å². The van der Waals surface area contributed by atoms with Crippen molar-refractivity contribution in [2.75, 3.05) is 13.7 Å². The fourth-order valence-electron chi connectivity index (χ4n) is 2.24. The molecule has 24 heavy (non-hydrogen) atoms. The topological polar surface area (TPSA) is 38.8 Å². The van der Waals surface area contributed by atoms with Gasteiger partial charge in [-0.3, -0.25) is 9.69 Å². The van der Waals surface area contributed by atoms with E-state index in [0.29, 0.717) is 27.3 Å². The first-order chi connectivity index (χ1) is 11.5. The summed E-state index contributed by atoms with van der Waals surface area (Å²) in [6.07, 6.45) is 4.37. The molecule has 1 aromatic rings. The van der Waals surface area contributed by atoms with Crippen LogP contribution in [0.25, 0.3) is 6.08 Å². The molecule has 1 aromatic carbocycles. The van der Waals surface area contributed by atoms with Crippen molar-refractivity contribution in [3.05, 3.63) is 41.3 Å². The third kappa shape index (κ3) is 3.99. The summed E-state index contributed by atoms with van der Waals surface area (Å²) >= 11 is 6.68. The van der Waals surface area contributed by atoms with Gasteiger partial charge in [0.2, 0.25) is 0 Å². The lowest BCUT2D eigenvalue weighted by Gasteiger charge is -2.21. The minimum atomic E-state index is -0.0368. The predicted octanol–water partition coefficient (Wildman–Crippen LogP) is 4.26. The second-order valence-electron chi connectivity index (χ2n) is 5.32. The van der Waals surface area contributed by atoms with E-state index >= 15 is 0 Å². The van der Waals surface area contributed by atoms with Crippen LogP contribution in [-0.4, -0.2) is 34.9 Å². The number of rotatable bonds is 7. The first kappa shape index (κ1) is 18.5. The molecule has 4 nitrogen and oxygen atoms in total. The number of hydrogen-bond donors (Lipinski definition) is 0. The monoisotopic (exact) mass is 363 g/mol. The van der Waals surface area contributed by atoms with Gasteiger partial charge in [0, 0.05) is 6.04 Å². The highest BCUT2D eigenvalue weighted by molar-refractivity contribution is 8.26. The van der Waals surface area contributed by atoms with Gasteiger partial charge in [0.15, 0.2) is 11.5 Å². The second-order valence-corrected chi connectivity index (χ2v) is 6.99. The van der Waals surface area contributed by atoms with Gasteiger partial charge >= 0.3 is 0 Å². The quantitative estimate of drug-likeness (QED) is 0.411. The molecule has 2 rings (SSSR count). The summed E-state index contributed by atoms with van der Waals surface area (Å²) in [5, 5.41) is 0. The van der Waals surface area contributed by atoms with E-state index in [4.69, 9.17) is 21.7 Å². The molecule has 0 spiro atoms. The zero-order valence-electron chi connectivity index (χ0n) is 14.1. The van der Waals surface area contributed by atoms with Gasteiger partial charge in [-0.05, 0) is 37.1 Å². The Labute approximate surface area is 152 Å². The summed E-state index contributed by atoms with van der Waals surface area (Å²) in [6.45, 7) is 8.08. The van der Waals surface area contributed by atoms with Crippen molar-refractivity contribution in [2.24, 2.45) is 0 Å². The maximum absolute atomic E-state index is 12.6. The van der Waals surface area contributed by atoms with Crippen molar-refractivity contribution in [3.8, 4) is 11.5 Å². The molecule has 1 aliphatic rings. The maximum Gasteiger partial charge on any atom is 0.266 e. The number of carbonyl (C=O) groups is 1. The molecular weight excluding hydrogens is 342 g/mol. The fourth-order valence-corrected chi connectivity index (χ4v) is 3.70. The molecule has 128 valence electrons. The average molecular weight is 364 g/mol. The van der Waals surface area contributed by atoms with Gasteiger partial charge in [-0.25, -0.2) is 0 Å². The molecule has 1 fully saturated rings. The zero-order chi connectivity index (χ0) is 17.7. The van der Waals surface area contributed by atoms with E-state index in [1.165, 1.54) is 11.8 Å². The van der Waals surface area contributed by atoms with Crippen LogP contribution in [-0.2, 0) is 4.79 Å². The highest BCUT2D eigenvalue weighted by Crippen LogP contribution is 2.36. The van der Waals surface area contributed by atoms with E-state index in [1.54, 1.807) is 18.1 Å². The fraction of sp³-hybridized carbons (Fsp3) is 0.333. The minimum Gasteiger partial charge on any atom is -0.493 e. The number of thioether (sulfide) groups is 1. The normalized spacial score (nSPS) is 17.3. The summed E-state index contributed by atoms with van der Waals surface area (Å²) in [5.41, 5.74) is 0.863. The first-order valence-corrected chi connectivity index (χ1v) is 8.93. The van der Waals surface area contributed by atoms with Crippen LogP contribution in [0.5, 0.6) is 11.5 Å². The molecule has 1 atom stereocenters. The Morgan fingerprint density at radius 1 is 1.42 bits per heavy atom. The van der Waals surface area contributed by atoms with Gasteiger partial charge in [-0.2, -0.15) is 0 Å². The lowest BCUT2D eigenvalue weighted by atomic mass is 10.1. The lowest BCUT2D eigenvalue weighted by Crippen LogP contribution is -2.36. The van der Waals surface area contributed by atoms with Crippen molar-refractivity contribution < 1.29 is 14.3 Å². The van der Waals surface area contributed by atoms with Crippen LogP contribution in [0.1, 0.15) is 25.8 Å². The molecule has 0 N–H and O–H groups in total. The van der Waals surface area contributed by atoms with Crippen molar-refractivity contribution in [1.82, 2.24) is 4.90 Å². The standard InChI is InChI=1S/C18H21NO3S2/c1-5-9-22-14-8-7-13(10-15(14)21-4)11-16-17(20)19(12(3)6-2)18(23)24-16/h5,7-8,10-12H,1,6,9H2,2-4H3/b16-11-/t12-/m1/s1. The van der Waals surface area contributed by atoms with Gasteiger partial charge in [0.05, 0.1) is 12.0 Å². The predicted molar refractivity (Wildman–Crippen MR) is 103 cm³/mol. The largest absolute Gasteiger partial charge is 0.493 e. The molecule has 1 heterocycles. The molecule has 0 aromatic heterocycles. The molecule has 6 heteroatoms. The summed E-state index contributed by atoms with van der Waals surface area (Å²) in [5.74, 6) is 1.22. The Bertz CT molecular complexity index is 685. The SMILES string of the molecule is C=CCOc1ccc(/C=C2\SC(=S)N([C@H](C)CC)C2=O)cc1OC. The van der Waals surface area contributed by atoms with Crippen LogP contribution >= 0.6 is 24.0 Å². The van der Waals surface area contributed by atoms with Crippen LogP contribution in [0, 0.1) is 0 Å². The molecule has 0 bridgehead atoms. The summed E-state index contributed by atoms with van der Waals surface area (Å²) in [4.78, 5) is 14.9. The van der Waals surface area contributed by atoms with Gasteiger partial charge in [-0.1, -0.05) is 49.6 Å². The van der Waals surface area contributed by atoms with E-state index < -0.39 is 0 Å². The van der Waals surface area contributed by atoms with Crippen LogP contribution in [0.3, 0.4) is 0 Å². The molecule has 0 aliphatic carbocycles. The van der Waals surface area contributed by atoms with E-state index in [-0.39, 0.29) is 11.9 Å². The van der Waals surface area contributed by atoms with Gasteiger partial charge < -0.3 is 9.47 Å². The second kappa shape index (κ2) is 8.35. The Morgan fingerprint density at radius 2 is 2.17 bits per heavy atom. The maximum atomic E-state index is 12.6. The lowest BCUT2D eigenvalue weighted by molar-refractivity contribution is -0.123. The number of carbonyl (C=O) groups excluding carboxylic acids is 1. The number of ether oxygens (including phenoxy) is 2. The van der Waals surface area contributed by atoms with Crippen LogP contribution in [0.15, 0.2) is 35.8 Å². The number of hydrogen-bond acceptors (Lipinski definition) is 5. The zero-order valence-corrected chi connectivity index (χ0v) is 15.7. The Kier molecular flexibility index (Phi) is 6.45. The molecular formula is C18H21NO3S2. The van der Waals surface area contributed by atoms with Crippen molar-refractivity contribution in [1.29, 1.82) is 0 Å². The molecule has 0 saturated carbocycles. The van der Waals surface area contributed by atoms with Crippen molar-refractivity contribution >= 4 is 40.3 Å². The van der Waals surface area contributed by atoms with Crippen LogP contribution in [0.4, 0.5) is 0 Å². The minimum absolute atomic E-state index is 0.0368. The third-order valence-corrected chi connectivity index (χ3v) is 5.03. The van der Waals surface area contributed by atoms with E-state index in [9.17, 15) is 4.79 Å². The van der Waals surface area contributed by atoms with Gasteiger partial charge in [0.25, 0.3) is 5.91 Å². The Hall–Kier alpha value is -1.79. The summed E-state index contributed by atoms with van der Waals surface area (Å²) in [6, 6.07) is 5.65. The summed E-state index contributed by atoms with van der Waals surface area (Å²) in [7, 11) is 1.59. The number of benzene rings is 1.